The van der Waals surface area contributed by atoms with Crippen LogP contribution >= 0.6 is 0 Å². The van der Waals surface area contributed by atoms with Crippen molar-refractivity contribution in [2.45, 2.75) is 0 Å². The van der Waals surface area contributed by atoms with Gasteiger partial charge in [0.25, 0.3) is 0 Å². The molecule has 0 amide bonds. The Labute approximate surface area is 348 Å². The largest absolute Gasteiger partial charge is 0.309 e. The van der Waals surface area contributed by atoms with Crippen molar-refractivity contribution in [3.05, 3.63) is 231 Å². The Kier molecular flexibility index (Phi) is 7.89. The fraction of sp³-hybridized carbons (Fsp3) is 0. The number of aromatic nitrogens is 2. The quantitative estimate of drug-likeness (QED) is 0.160. The van der Waals surface area contributed by atoms with Crippen molar-refractivity contribution in [2.24, 2.45) is 0 Å². The van der Waals surface area contributed by atoms with E-state index in [0.29, 0.717) is 0 Å². The van der Waals surface area contributed by atoms with Gasteiger partial charge in [0.2, 0.25) is 0 Å². The van der Waals surface area contributed by atoms with Gasteiger partial charge in [-0.3, -0.25) is 0 Å². The molecule has 60 heavy (non-hydrogen) atoms. The van der Waals surface area contributed by atoms with Crippen molar-refractivity contribution in [1.29, 1.82) is 0 Å². The first kappa shape index (κ1) is 34.1. The van der Waals surface area contributed by atoms with Crippen molar-refractivity contribution < 1.29 is 0 Å². The smallest absolute Gasteiger partial charge is 0.0541 e. The van der Waals surface area contributed by atoms with Gasteiger partial charge in [-0.15, -0.1) is 0 Å². The molecule has 0 saturated carbocycles. The molecule has 0 atom stereocenters. The molecule has 2 aromatic heterocycles. The summed E-state index contributed by atoms with van der Waals surface area (Å²) in [5.41, 5.74) is 16.7. The van der Waals surface area contributed by atoms with Crippen LogP contribution in [0.1, 0.15) is 0 Å². The van der Waals surface area contributed by atoms with Crippen LogP contribution in [0.3, 0.4) is 0 Å². The highest BCUT2D eigenvalue weighted by molar-refractivity contribution is 6.13. The van der Waals surface area contributed by atoms with Crippen LogP contribution in [0.5, 0.6) is 0 Å². The summed E-state index contributed by atoms with van der Waals surface area (Å²) in [6, 6.07) is 84.3. The summed E-state index contributed by atoms with van der Waals surface area (Å²) < 4.78 is 4.85. The molecule has 12 aromatic rings. The summed E-state index contributed by atoms with van der Waals surface area (Å²) in [6.07, 6.45) is 0. The summed E-state index contributed by atoms with van der Waals surface area (Å²) in [7, 11) is 0. The van der Waals surface area contributed by atoms with E-state index in [1.54, 1.807) is 0 Å². The number of rotatable bonds is 6. The van der Waals surface area contributed by atoms with Crippen molar-refractivity contribution in [2.75, 3.05) is 0 Å². The topological polar surface area (TPSA) is 9.86 Å². The highest BCUT2D eigenvalue weighted by atomic mass is 15.0. The maximum absolute atomic E-state index is 2.44. The van der Waals surface area contributed by atoms with Crippen LogP contribution in [0.2, 0.25) is 0 Å². The maximum atomic E-state index is 2.44. The van der Waals surface area contributed by atoms with Crippen LogP contribution in [-0.2, 0) is 0 Å². The molecule has 0 spiro atoms. The van der Waals surface area contributed by atoms with Crippen LogP contribution in [-0.4, -0.2) is 9.13 Å². The SMILES string of the molecule is c1ccc(-c2cc(-c3ccccc3)cc(-n3c4ccccc4c4cc(-c5ccc6c(c5)c5ccccc5n6-c5ccc(-c6ccc7ccccc7c6)cc5)ccc43)c2)cc1. The Morgan fingerprint density at radius 1 is 0.200 bits per heavy atom. The molecule has 2 heteroatoms. The van der Waals surface area contributed by atoms with Gasteiger partial charge in [0.15, 0.2) is 0 Å². The fourth-order valence-electron chi connectivity index (χ4n) is 9.37. The van der Waals surface area contributed by atoms with E-state index in [1.165, 1.54) is 98.9 Å². The molecule has 0 saturated heterocycles. The van der Waals surface area contributed by atoms with E-state index in [0.717, 1.165) is 11.4 Å². The zero-order valence-electron chi connectivity index (χ0n) is 32.8. The zero-order chi connectivity index (χ0) is 39.6. The molecular formula is C58H38N2. The van der Waals surface area contributed by atoms with Gasteiger partial charge in [-0.1, -0.05) is 158 Å². The van der Waals surface area contributed by atoms with Gasteiger partial charge in [0.1, 0.15) is 0 Å². The van der Waals surface area contributed by atoms with E-state index in [1.807, 2.05) is 0 Å². The summed E-state index contributed by atoms with van der Waals surface area (Å²) in [5, 5.41) is 7.49. The standard InChI is InChI=1S/C58H38N2/c1-3-13-39(14-4-1)47-34-48(40-15-5-2-6-16-40)36-50(35-47)60-56-22-12-10-20-52(56)54-38-46(28-32-58(54)60)45-27-31-57-53(37-45)51-19-9-11-21-55(51)59(57)49-29-25-42(26-30-49)44-24-23-41-17-7-8-18-43(41)33-44/h1-38H. The van der Waals surface area contributed by atoms with E-state index >= 15 is 0 Å². The predicted octanol–water partition coefficient (Wildman–Crippen LogP) is 15.7. The highest BCUT2D eigenvalue weighted by Crippen LogP contribution is 2.40. The van der Waals surface area contributed by atoms with Gasteiger partial charge in [-0.2, -0.15) is 0 Å². The van der Waals surface area contributed by atoms with Crippen molar-refractivity contribution >= 4 is 54.4 Å². The minimum absolute atomic E-state index is 1.15. The first-order valence-corrected chi connectivity index (χ1v) is 20.7. The number of nitrogens with zero attached hydrogens (tertiary/aromatic N) is 2. The summed E-state index contributed by atoms with van der Waals surface area (Å²) in [5.74, 6) is 0. The lowest BCUT2D eigenvalue weighted by Gasteiger charge is -2.14. The molecule has 0 unspecified atom stereocenters. The van der Waals surface area contributed by atoms with Crippen LogP contribution < -0.4 is 0 Å². The fourth-order valence-corrected chi connectivity index (χ4v) is 9.37. The van der Waals surface area contributed by atoms with Gasteiger partial charge in [0.05, 0.1) is 22.1 Å². The molecule has 0 N–H and O–H groups in total. The molecule has 280 valence electrons. The molecule has 0 radical (unpaired) electrons. The van der Waals surface area contributed by atoms with Crippen LogP contribution in [0.25, 0.3) is 110 Å². The minimum Gasteiger partial charge on any atom is -0.309 e. The molecule has 2 heterocycles. The number of hydrogen-bond donors (Lipinski definition) is 0. The third-order valence-electron chi connectivity index (χ3n) is 12.3. The monoisotopic (exact) mass is 762 g/mol. The summed E-state index contributed by atoms with van der Waals surface area (Å²) >= 11 is 0. The Morgan fingerprint density at radius 3 is 1.20 bits per heavy atom. The van der Waals surface area contributed by atoms with E-state index < -0.39 is 0 Å². The molecule has 0 aliphatic rings. The van der Waals surface area contributed by atoms with Crippen LogP contribution in [0, 0.1) is 0 Å². The van der Waals surface area contributed by atoms with Crippen LogP contribution in [0.4, 0.5) is 0 Å². The number of hydrogen-bond acceptors (Lipinski definition) is 0. The lowest BCUT2D eigenvalue weighted by atomic mass is 9.98. The Hall–Kier alpha value is -7.94. The van der Waals surface area contributed by atoms with Gasteiger partial charge in [0, 0.05) is 32.9 Å². The lowest BCUT2D eigenvalue weighted by Crippen LogP contribution is -1.96. The van der Waals surface area contributed by atoms with E-state index in [2.05, 4.69) is 240 Å². The maximum Gasteiger partial charge on any atom is 0.0541 e. The molecule has 0 bridgehead atoms. The second-order valence-electron chi connectivity index (χ2n) is 15.8. The number of fused-ring (bicyclic) bond motifs is 7. The second-order valence-corrected chi connectivity index (χ2v) is 15.8. The van der Waals surface area contributed by atoms with Gasteiger partial charge in [-0.25, -0.2) is 0 Å². The molecule has 0 fully saturated rings. The summed E-state index contributed by atoms with van der Waals surface area (Å²) in [4.78, 5) is 0. The molecule has 0 aliphatic heterocycles. The number of para-hydroxylation sites is 2. The normalized spacial score (nSPS) is 11.7. The van der Waals surface area contributed by atoms with E-state index in [9.17, 15) is 0 Å². The first-order chi connectivity index (χ1) is 29.7. The first-order valence-electron chi connectivity index (χ1n) is 20.7. The molecule has 2 nitrogen and oxygen atoms in total. The van der Waals surface area contributed by atoms with Crippen LogP contribution in [0.15, 0.2) is 231 Å². The van der Waals surface area contributed by atoms with Crippen molar-refractivity contribution in [3.63, 3.8) is 0 Å². The predicted molar refractivity (Wildman–Crippen MR) is 254 cm³/mol. The van der Waals surface area contributed by atoms with Gasteiger partial charge in [-0.05, 0) is 128 Å². The second kappa shape index (κ2) is 13.9. The minimum atomic E-state index is 1.15. The van der Waals surface area contributed by atoms with Gasteiger partial charge >= 0.3 is 0 Å². The summed E-state index contributed by atoms with van der Waals surface area (Å²) in [6.45, 7) is 0. The van der Waals surface area contributed by atoms with Crippen molar-refractivity contribution in [3.8, 4) is 55.9 Å². The van der Waals surface area contributed by atoms with Gasteiger partial charge < -0.3 is 9.13 Å². The Balaban J connectivity index is 0.974. The number of benzene rings is 10. The molecule has 0 aliphatic carbocycles. The third-order valence-corrected chi connectivity index (χ3v) is 12.3. The average Bonchev–Trinajstić information content (AvgIpc) is 3.84. The molecule has 10 aromatic carbocycles. The average molecular weight is 763 g/mol. The lowest BCUT2D eigenvalue weighted by molar-refractivity contribution is 1.18. The van der Waals surface area contributed by atoms with E-state index in [-0.39, 0.29) is 0 Å². The molecular weight excluding hydrogens is 725 g/mol. The van der Waals surface area contributed by atoms with E-state index in [4.69, 9.17) is 0 Å². The zero-order valence-corrected chi connectivity index (χ0v) is 32.8. The molecule has 12 rings (SSSR count). The van der Waals surface area contributed by atoms with Crippen molar-refractivity contribution in [1.82, 2.24) is 9.13 Å². The Morgan fingerprint density at radius 2 is 0.617 bits per heavy atom. The third kappa shape index (κ3) is 5.65. The Bertz CT molecular complexity index is 3510. The highest BCUT2D eigenvalue weighted by Gasteiger charge is 2.17.